The van der Waals surface area contributed by atoms with Gasteiger partial charge in [0, 0.05) is 18.4 Å². The molecule has 0 heterocycles. The summed E-state index contributed by atoms with van der Waals surface area (Å²) in [6, 6.07) is 0.573. The molecule has 1 aliphatic carbocycles. The van der Waals surface area contributed by atoms with Crippen LogP contribution in [0.3, 0.4) is 0 Å². The molecular weight excluding hydrogens is 280 g/mol. The van der Waals surface area contributed by atoms with E-state index in [1.807, 2.05) is 0 Å². The zero-order valence-corrected chi connectivity index (χ0v) is 16.9. The number of hydrogen-bond donors (Lipinski definition) is 1. The molecule has 1 aliphatic rings. The van der Waals surface area contributed by atoms with Gasteiger partial charge in [0.25, 0.3) is 0 Å². The SMILES string of the molecule is C=[N+](CCC(C)(CC)CNC)C(C)C1(C)CCCCC(C)CC1. The lowest BCUT2D eigenvalue weighted by atomic mass is 9.71. The molecule has 1 fully saturated rings. The van der Waals surface area contributed by atoms with Crippen LogP contribution in [0.15, 0.2) is 0 Å². The molecule has 0 bridgehead atoms. The van der Waals surface area contributed by atoms with Crippen LogP contribution < -0.4 is 5.32 Å². The molecule has 1 rings (SSSR count). The van der Waals surface area contributed by atoms with Crippen LogP contribution in [0.2, 0.25) is 0 Å². The first kappa shape index (κ1) is 20.7. The Kier molecular flexibility index (Phi) is 8.27. The molecule has 0 aromatic carbocycles. The van der Waals surface area contributed by atoms with Gasteiger partial charge in [-0.2, -0.15) is 0 Å². The van der Waals surface area contributed by atoms with Crippen LogP contribution in [-0.4, -0.2) is 37.5 Å². The van der Waals surface area contributed by atoms with Crippen LogP contribution in [0.1, 0.15) is 86.0 Å². The van der Waals surface area contributed by atoms with Crippen LogP contribution >= 0.6 is 0 Å². The zero-order valence-electron chi connectivity index (χ0n) is 16.9. The van der Waals surface area contributed by atoms with E-state index in [-0.39, 0.29) is 0 Å². The Bertz CT molecular complexity index is 365. The van der Waals surface area contributed by atoms with E-state index in [0.29, 0.717) is 16.9 Å². The summed E-state index contributed by atoms with van der Waals surface area (Å²) in [7, 11) is 2.06. The summed E-state index contributed by atoms with van der Waals surface area (Å²) in [5.74, 6) is 0.902. The minimum absolute atomic E-state index is 0.390. The predicted octanol–water partition coefficient (Wildman–Crippen LogP) is 5.11. The predicted molar refractivity (Wildman–Crippen MR) is 104 cm³/mol. The Balaban J connectivity index is 2.63. The van der Waals surface area contributed by atoms with Gasteiger partial charge in [-0.15, -0.1) is 0 Å². The maximum absolute atomic E-state index is 4.44. The van der Waals surface area contributed by atoms with Crippen molar-refractivity contribution >= 4 is 6.72 Å². The van der Waals surface area contributed by atoms with E-state index >= 15 is 0 Å². The second kappa shape index (κ2) is 9.20. The van der Waals surface area contributed by atoms with Crippen LogP contribution in [0.4, 0.5) is 0 Å². The smallest absolute Gasteiger partial charge is 0.154 e. The number of rotatable bonds is 8. The van der Waals surface area contributed by atoms with E-state index in [9.17, 15) is 0 Å². The Hall–Kier alpha value is -0.370. The number of nitrogens with zero attached hydrogens (tertiary/aromatic N) is 1. The van der Waals surface area contributed by atoms with Crippen molar-refractivity contribution in [2.24, 2.45) is 16.7 Å². The lowest BCUT2D eigenvalue weighted by Crippen LogP contribution is -2.41. The summed E-state index contributed by atoms with van der Waals surface area (Å²) in [5, 5.41) is 3.36. The fraction of sp³-hybridized carbons (Fsp3) is 0.952. The molecule has 4 unspecified atom stereocenters. The Morgan fingerprint density at radius 2 is 2.00 bits per heavy atom. The van der Waals surface area contributed by atoms with Crippen LogP contribution in [-0.2, 0) is 0 Å². The van der Waals surface area contributed by atoms with E-state index < -0.39 is 0 Å². The van der Waals surface area contributed by atoms with Gasteiger partial charge in [0.1, 0.15) is 13.3 Å². The van der Waals surface area contributed by atoms with E-state index in [2.05, 4.69) is 58.3 Å². The fourth-order valence-electron chi connectivity index (χ4n) is 4.15. The molecule has 2 heteroatoms. The van der Waals surface area contributed by atoms with E-state index in [4.69, 9.17) is 0 Å². The molecule has 0 aliphatic heterocycles. The maximum atomic E-state index is 4.44. The molecule has 0 aromatic rings. The van der Waals surface area contributed by atoms with Crippen molar-refractivity contribution in [2.45, 2.75) is 92.0 Å². The van der Waals surface area contributed by atoms with Gasteiger partial charge in [-0.3, -0.25) is 0 Å². The number of hydrogen-bond acceptors (Lipinski definition) is 1. The largest absolute Gasteiger partial charge is 0.319 e. The highest BCUT2D eigenvalue weighted by Gasteiger charge is 2.38. The lowest BCUT2D eigenvalue weighted by molar-refractivity contribution is -0.574. The summed E-state index contributed by atoms with van der Waals surface area (Å²) in [4.78, 5) is 0. The third-order valence-electron chi connectivity index (χ3n) is 6.92. The average molecular weight is 324 g/mol. The van der Waals surface area contributed by atoms with Gasteiger partial charge in [-0.05, 0) is 51.0 Å². The van der Waals surface area contributed by atoms with Crippen molar-refractivity contribution in [1.29, 1.82) is 0 Å². The van der Waals surface area contributed by atoms with Crippen molar-refractivity contribution in [3.8, 4) is 0 Å². The molecule has 0 saturated heterocycles. The first-order chi connectivity index (χ1) is 10.8. The van der Waals surface area contributed by atoms with Crippen molar-refractivity contribution in [2.75, 3.05) is 20.1 Å². The standard InChI is InChI=1S/C21H43N2/c1-8-20(4,17-22-6)15-16-23(7)19(3)21(5)13-10-9-11-18(2)12-14-21/h18-19,22H,7-17H2,1-6H3/q+1. The molecule has 0 aromatic heterocycles. The first-order valence-corrected chi connectivity index (χ1v) is 9.98. The van der Waals surface area contributed by atoms with Gasteiger partial charge >= 0.3 is 0 Å². The summed E-state index contributed by atoms with van der Waals surface area (Å²) in [5.41, 5.74) is 0.822. The summed E-state index contributed by atoms with van der Waals surface area (Å²) in [6.07, 6.45) is 10.8. The van der Waals surface area contributed by atoms with Crippen LogP contribution in [0.25, 0.3) is 0 Å². The third kappa shape index (κ3) is 6.21. The molecular formula is C21H43N2+. The molecule has 0 radical (unpaired) electrons. The molecule has 136 valence electrons. The monoisotopic (exact) mass is 323 g/mol. The van der Waals surface area contributed by atoms with Crippen LogP contribution in [0.5, 0.6) is 0 Å². The Labute approximate surface area is 146 Å². The fourth-order valence-corrected chi connectivity index (χ4v) is 4.15. The van der Waals surface area contributed by atoms with Crippen molar-refractivity contribution in [1.82, 2.24) is 5.32 Å². The highest BCUT2D eigenvalue weighted by atomic mass is 15.0. The van der Waals surface area contributed by atoms with Crippen molar-refractivity contribution in [3.63, 3.8) is 0 Å². The highest BCUT2D eigenvalue weighted by Crippen LogP contribution is 2.39. The molecule has 0 spiro atoms. The van der Waals surface area contributed by atoms with Gasteiger partial charge in [-0.1, -0.05) is 47.0 Å². The lowest BCUT2D eigenvalue weighted by Gasteiger charge is -2.36. The molecule has 2 nitrogen and oxygen atoms in total. The third-order valence-corrected chi connectivity index (χ3v) is 6.92. The molecule has 4 atom stereocenters. The van der Waals surface area contributed by atoms with Gasteiger partial charge in [0.15, 0.2) is 6.04 Å². The van der Waals surface area contributed by atoms with Crippen molar-refractivity contribution < 1.29 is 4.58 Å². The van der Waals surface area contributed by atoms with E-state index in [0.717, 1.165) is 19.0 Å². The quantitative estimate of drug-likeness (QED) is 0.484. The molecule has 1 N–H and O–H groups in total. The molecule has 23 heavy (non-hydrogen) atoms. The summed E-state index contributed by atoms with van der Waals surface area (Å²) < 4.78 is 2.40. The topological polar surface area (TPSA) is 15.0 Å². The minimum Gasteiger partial charge on any atom is -0.319 e. The van der Waals surface area contributed by atoms with Gasteiger partial charge in [0.2, 0.25) is 0 Å². The normalized spacial score (nSPS) is 30.1. The second-order valence-corrected chi connectivity index (χ2v) is 8.98. The van der Waals surface area contributed by atoms with Gasteiger partial charge in [-0.25, -0.2) is 4.58 Å². The Morgan fingerprint density at radius 3 is 2.61 bits per heavy atom. The second-order valence-electron chi connectivity index (χ2n) is 8.98. The zero-order chi connectivity index (χ0) is 17.5. The minimum atomic E-state index is 0.390. The van der Waals surface area contributed by atoms with Gasteiger partial charge in [0.05, 0.1) is 0 Å². The molecule has 0 amide bonds. The van der Waals surface area contributed by atoms with Gasteiger partial charge < -0.3 is 5.32 Å². The van der Waals surface area contributed by atoms with Crippen molar-refractivity contribution in [3.05, 3.63) is 0 Å². The summed E-state index contributed by atoms with van der Waals surface area (Å²) in [6.45, 7) is 18.7. The first-order valence-electron chi connectivity index (χ1n) is 9.98. The van der Waals surface area contributed by atoms with E-state index in [1.54, 1.807) is 0 Å². The maximum Gasteiger partial charge on any atom is 0.154 e. The van der Waals surface area contributed by atoms with E-state index in [1.165, 1.54) is 51.4 Å². The summed E-state index contributed by atoms with van der Waals surface area (Å²) >= 11 is 0. The average Bonchev–Trinajstić information content (AvgIpc) is 2.52. The number of nitrogens with one attached hydrogen (secondary N) is 1. The Morgan fingerprint density at radius 1 is 1.30 bits per heavy atom. The van der Waals surface area contributed by atoms with Crippen LogP contribution in [0, 0.1) is 16.7 Å². The highest BCUT2D eigenvalue weighted by molar-refractivity contribution is 5.15. The molecule has 1 saturated carbocycles.